The quantitative estimate of drug-likeness (QED) is 0.834. The van der Waals surface area contributed by atoms with Crippen LogP contribution < -0.4 is 10.6 Å². The van der Waals surface area contributed by atoms with E-state index < -0.39 is 10.0 Å². The van der Waals surface area contributed by atoms with Gasteiger partial charge in [-0.25, -0.2) is 12.7 Å². The molecule has 0 amide bonds. The van der Waals surface area contributed by atoms with Gasteiger partial charge in [0, 0.05) is 26.2 Å². The van der Waals surface area contributed by atoms with Gasteiger partial charge in [0.05, 0.1) is 6.10 Å². The van der Waals surface area contributed by atoms with E-state index in [4.69, 9.17) is 5.73 Å². The molecule has 0 aromatic carbocycles. The number of nitrogens with zero attached hydrogens (tertiary/aromatic N) is 3. The largest absolute Gasteiger partial charge is 0.393 e. The lowest BCUT2D eigenvalue weighted by Gasteiger charge is -2.38. The SMILES string of the molecule is CN(C)S(=O)(=O)c1c(N)nsc1N1C2CCC1CC(O)C2. The number of nitrogen functional groups attached to an aromatic ring is 1. The van der Waals surface area contributed by atoms with E-state index in [0.717, 1.165) is 28.7 Å². The molecule has 118 valence electrons. The van der Waals surface area contributed by atoms with Crippen LogP contribution in [0.25, 0.3) is 0 Å². The summed E-state index contributed by atoms with van der Waals surface area (Å²) in [6.45, 7) is 0. The lowest BCUT2D eigenvalue weighted by atomic mass is 10.0. The van der Waals surface area contributed by atoms with Gasteiger partial charge in [0.1, 0.15) is 5.00 Å². The number of aliphatic hydroxyl groups is 1. The van der Waals surface area contributed by atoms with Gasteiger partial charge in [0.25, 0.3) is 0 Å². The highest BCUT2D eigenvalue weighted by molar-refractivity contribution is 7.89. The van der Waals surface area contributed by atoms with Crippen molar-refractivity contribution in [2.75, 3.05) is 24.7 Å². The molecule has 2 atom stereocenters. The van der Waals surface area contributed by atoms with Gasteiger partial charge in [-0.3, -0.25) is 0 Å². The summed E-state index contributed by atoms with van der Waals surface area (Å²) in [5.74, 6) is 0.0641. The third kappa shape index (κ3) is 2.32. The molecule has 2 saturated heterocycles. The zero-order chi connectivity index (χ0) is 15.4. The number of rotatable bonds is 3. The lowest BCUT2D eigenvalue weighted by molar-refractivity contribution is 0.126. The van der Waals surface area contributed by atoms with Crippen LogP contribution in [0.4, 0.5) is 10.8 Å². The van der Waals surface area contributed by atoms with Gasteiger partial charge in [-0.1, -0.05) is 0 Å². The van der Waals surface area contributed by atoms with Crippen molar-refractivity contribution < 1.29 is 13.5 Å². The third-order valence-corrected chi connectivity index (χ3v) is 7.22. The lowest BCUT2D eigenvalue weighted by Crippen LogP contribution is -2.45. The van der Waals surface area contributed by atoms with Crippen molar-refractivity contribution in [3.8, 4) is 0 Å². The van der Waals surface area contributed by atoms with Crippen molar-refractivity contribution >= 4 is 32.4 Å². The fraction of sp³-hybridized carbons (Fsp3) is 0.750. The summed E-state index contributed by atoms with van der Waals surface area (Å²) < 4.78 is 30.3. The van der Waals surface area contributed by atoms with Gasteiger partial charge < -0.3 is 15.7 Å². The molecule has 7 nitrogen and oxygen atoms in total. The number of aliphatic hydroxyl groups excluding tert-OH is 1. The van der Waals surface area contributed by atoms with E-state index in [1.54, 1.807) is 0 Å². The minimum absolute atomic E-state index is 0.0641. The van der Waals surface area contributed by atoms with Crippen LogP contribution in [-0.4, -0.2) is 54.5 Å². The molecule has 2 aliphatic rings. The standard InChI is InChI=1S/C12H20N4O3S2/c1-15(2)21(18,19)10-11(13)14-20-12(10)16-7-3-4-8(16)6-9(17)5-7/h7-9,17H,3-6H2,1-2H3,(H2,13,14). The van der Waals surface area contributed by atoms with Crippen molar-refractivity contribution in [3.05, 3.63) is 0 Å². The highest BCUT2D eigenvalue weighted by Crippen LogP contribution is 2.45. The number of piperidine rings is 1. The monoisotopic (exact) mass is 332 g/mol. The molecule has 2 fully saturated rings. The third-order valence-electron chi connectivity index (χ3n) is 4.34. The maximum atomic E-state index is 12.5. The minimum atomic E-state index is -3.62. The van der Waals surface area contributed by atoms with Crippen LogP contribution in [0, 0.1) is 0 Å². The number of aromatic nitrogens is 1. The first-order valence-corrected chi connectivity index (χ1v) is 9.17. The van der Waals surface area contributed by atoms with Crippen molar-refractivity contribution in [1.82, 2.24) is 8.68 Å². The molecule has 0 aliphatic carbocycles. The maximum absolute atomic E-state index is 12.5. The number of nitrogens with two attached hydrogens (primary N) is 1. The van der Waals surface area contributed by atoms with E-state index in [9.17, 15) is 13.5 Å². The van der Waals surface area contributed by atoms with E-state index in [1.165, 1.54) is 14.1 Å². The molecule has 2 unspecified atom stereocenters. The fourth-order valence-corrected chi connectivity index (χ4v) is 5.70. The zero-order valence-corrected chi connectivity index (χ0v) is 13.7. The van der Waals surface area contributed by atoms with Gasteiger partial charge >= 0.3 is 0 Å². The van der Waals surface area contributed by atoms with E-state index in [0.29, 0.717) is 17.8 Å². The Morgan fingerprint density at radius 3 is 2.43 bits per heavy atom. The average molecular weight is 332 g/mol. The molecule has 2 aliphatic heterocycles. The molecule has 0 saturated carbocycles. The topological polar surface area (TPSA) is 99.8 Å². The predicted octanol–water partition coefficient (Wildman–Crippen LogP) is 0.468. The van der Waals surface area contributed by atoms with Gasteiger partial charge in [-0.15, -0.1) is 0 Å². The Morgan fingerprint density at radius 2 is 1.90 bits per heavy atom. The Labute approximate surface area is 128 Å². The summed E-state index contributed by atoms with van der Waals surface area (Å²) in [5, 5.41) is 10.5. The van der Waals surface area contributed by atoms with Gasteiger partial charge in [0.15, 0.2) is 10.7 Å². The van der Waals surface area contributed by atoms with Crippen LogP contribution in [0.5, 0.6) is 0 Å². The number of hydrogen-bond donors (Lipinski definition) is 2. The summed E-state index contributed by atoms with van der Waals surface area (Å²) >= 11 is 1.14. The molecule has 3 N–H and O–H groups in total. The second-order valence-electron chi connectivity index (χ2n) is 5.91. The highest BCUT2D eigenvalue weighted by atomic mass is 32.2. The van der Waals surface area contributed by atoms with Gasteiger partial charge in [0.2, 0.25) is 10.0 Å². The second-order valence-corrected chi connectivity index (χ2v) is 8.75. The first-order chi connectivity index (χ1) is 9.82. The number of anilines is 2. The fourth-order valence-electron chi connectivity index (χ4n) is 3.35. The molecule has 9 heteroatoms. The molecular formula is C12H20N4O3S2. The molecule has 1 aromatic heterocycles. The average Bonchev–Trinajstić information content (AvgIpc) is 2.88. The van der Waals surface area contributed by atoms with Crippen LogP contribution in [0.1, 0.15) is 25.7 Å². The van der Waals surface area contributed by atoms with E-state index in [2.05, 4.69) is 9.27 Å². The van der Waals surface area contributed by atoms with E-state index in [-0.39, 0.29) is 28.9 Å². The molecule has 2 bridgehead atoms. The van der Waals surface area contributed by atoms with Crippen molar-refractivity contribution in [1.29, 1.82) is 0 Å². The first kappa shape index (κ1) is 15.0. The zero-order valence-electron chi connectivity index (χ0n) is 12.1. The van der Waals surface area contributed by atoms with Crippen LogP contribution in [0.3, 0.4) is 0 Å². The molecular weight excluding hydrogens is 312 g/mol. The van der Waals surface area contributed by atoms with Crippen LogP contribution >= 0.6 is 11.5 Å². The highest BCUT2D eigenvalue weighted by Gasteiger charge is 2.44. The maximum Gasteiger partial charge on any atom is 0.249 e. The van der Waals surface area contributed by atoms with Gasteiger partial charge in [-0.05, 0) is 37.2 Å². The van der Waals surface area contributed by atoms with Crippen molar-refractivity contribution in [3.63, 3.8) is 0 Å². The predicted molar refractivity (Wildman–Crippen MR) is 81.9 cm³/mol. The molecule has 3 rings (SSSR count). The number of hydrogen-bond acceptors (Lipinski definition) is 7. The second kappa shape index (κ2) is 5.08. The summed E-state index contributed by atoms with van der Waals surface area (Å²) in [5.41, 5.74) is 5.83. The van der Waals surface area contributed by atoms with Gasteiger partial charge in [-0.2, -0.15) is 4.37 Å². The van der Waals surface area contributed by atoms with E-state index in [1.807, 2.05) is 0 Å². The summed E-state index contributed by atoms with van der Waals surface area (Å²) in [7, 11) is -0.643. The molecule has 0 radical (unpaired) electrons. The Morgan fingerprint density at radius 1 is 1.33 bits per heavy atom. The Hall–Kier alpha value is -0.900. The summed E-state index contributed by atoms with van der Waals surface area (Å²) in [4.78, 5) is 2.24. The number of sulfonamides is 1. The Balaban J connectivity index is 2.06. The number of fused-ring (bicyclic) bond motifs is 2. The smallest absolute Gasteiger partial charge is 0.249 e. The molecule has 21 heavy (non-hydrogen) atoms. The molecule has 0 spiro atoms. The summed E-state index contributed by atoms with van der Waals surface area (Å²) in [6.07, 6.45) is 3.01. The van der Waals surface area contributed by atoms with Crippen molar-refractivity contribution in [2.24, 2.45) is 0 Å². The first-order valence-electron chi connectivity index (χ1n) is 6.96. The minimum Gasteiger partial charge on any atom is -0.393 e. The van der Waals surface area contributed by atoms with Crippen molar-refractivity contribution in [2.45, 2.75) is 48.8 Å². The van der Waals surface area contributed by atoms with Crippen LogP contribution in [0.2, 0.25) is 0 Å². The van der Waals surface area contributed by atoms with Crippen LogP contribution in [0.15, 0.2) is 4.90 Å². The van der Waals surface area contributed by atoms with Crippen LogP contribution in [-0.2, 0) is 10.0 Å². The molecule has 1 aromatic rings. The summed E-state index contributed by atoms with van der Waals surface area (Å²) in [6, 6.07) is 0.351. The normalized spacial score (nSPS) is 29.3. The Bertz CT molecular complexity index is 629. The Kier molecular flexibility index (Phi) is 3.63. The van der Waals surface area contributed by atoms with E-state index >= 15 is 0 Å². The molecule has 3 heterocycles.